The lowest BCUT2D eigenvalue weighted by atomic mass is 9.91. The van der Waals surface area contributed by atoms with Crippen molar-refractivity contribution in [1.82, 2.24) is 15.0 Å². The Hall–Kier alpha value is -1.84. The van der Waals surface area contributed by atoms with Crippen molar-refractivity contribution in [2.45, 2.75) is 39.7 Å². The van der Waals surface area contributed by atoms with Crippen molar-refractivity contribution < 1.29 is 0 Å². The van der Waals surface area contributed by atoms with Crippen molar-refractivity contribution in [1.29, 1.82) is 0 Å². The lowest BCUT2D eigenvalue weighted by molar-refractivity contribution is 0.502. The normalized spacial score (nSPS) is 11.8. The molecule has 4 heteroatoms. The van der Waals surface area contributed by atoms with Crippen LogP contribution < -0.4 is 5.73 Å². The maximum atomic E-state index is 5.92. The average Bonchev–Trinajstić information content (AvgIpc) is 2.62. The second-order valence-electron chi connectivity index (χ2n) is 5.66. The van der Waals surface area contributed by atoms with Gasteiger partial charge in [0.1, 0.15) is 0 Å². The Morgan fingerprint density at radius 2 is 1.89 bits per heavy atom. The molecule has 0 saturated carbocycles. The molecule has 0 aliphatic heterocycles. The standard InChI is InChI=1S/C14H20N4/c1-10-7-5-6-8-11(10)9-18-12(14(2,3)4)13(15)16-17-18/h5-8H,9,15H2,1-4H3. The smallest absolute Gasteiger partial charge is 0.169 e. The zero-order chi connectivity index (χ0) is 13.3. The molecule has 0 spiro atoms. The van der Waals surface area contributed by atoms with Crippen molar-refractivity contribution in [3.63, 3.8) is 0 Å². The maximum absolute atomic E-state index is 5.92. The highest BCUT2D eigenvalue weighted by atomic mass is 15.4. The van der Waals surface area contributed by atoms with Gasteiger partial charge in [0.05, 0.1) is 12.2 Å². The zero-order valence-corrected chi connectivity index (χ0v) is 11.4. The van der Waals surface area contributed by atoms with Crippen molar-refractivity contribution in [2.24, 2.45) is 0 Å². The van der Waals surface area contributed by atoms with Gasteiger partial charge < -0.3 is 5.73 Å². The molecule has 0 aliphatic rings. The summed E-state index contributed by atoms with van der Waals surface area (Å²) in [7, 11) is 0. The maximum Gasteiger partial charge on any atom is 0.169 e. The van der Waals surface area contributed by atoms with Crippen molar-refractivity contribution >= 4 is 5.82 Å². The van der Waals surface area contributed by atoms with E-state index in [1.165, 1.54) is 11.1 Å². The molecular formula is C14H20N4. The molecule has 18 heavy (non-hydrogen) atoms. The fourth-order valence-corrected chi connectivity index (χ4v) is 2.16. The molecular weight excluding hydrogens is 224 g/mol. The van der Waals surface area contributed by atoms with Crippen LogP contribution in [0.3, 0.4) is 0 Å². The van der Waals surface area contributed by atoms with Crippen LogP contribution in [0.2, 0.25) is 0 Å². The predicted octanol–water partition coefficient (Wildman–Crippen LogP) is 2.51. The van der Waals surface area contributed by atoms with Crippen LogP contribution in [0, 0.1) is 6.92 Å². The first kappa shape index (κ1) is 12.6. The van der Waals surface area contributed by atoms with Crippen molar-refractivity contribution in [3.8, 4) is 0 Å². The number of nitrogen functional groups attached to an aromatic ring is 1. The second-order valence-corrected chi connectivity index (χ2v) is 5.66. The van der Waals surface area contributed by atoms with Gasteiger partial charge in [0, 0.05) is 5.41 Å². The molecule has 0 atom stereocenters. The van der Waals surface area contributed by atoms with Crippen LogP contribution in [-0.4, -0.2) is 15.0 Å². The predicted molar refractivity (Wildman–Crippen MR) is 73.4 cm³/mol. The minimum absolute atomic E-state index is 0.0593. The molecule has 96 valence electrons. The van der Waals surface area contributed by atoms with Gasteiger partial charge in [-0.1, -0.05) is 50.3 Å². The van der Waals surface area contributed by atoms with Crippen LogP contribution in [0.5, 0.6) is 0 Å². The fraction of sp³-hybridized carbons (Fsp3) is 0.429. The van der Waals surface area contributed by atoms with Gasteiger partial charge in [0.2, 0.25) is 0 Å². The number of aromatic nitrogens is 3. The summed E-state index contributed by atoms with van der Waals surface area (Å²) in [5, 5.41) is 8.16. The van der Waals surface area contributed by atoms with Gasteiger partial charge in [0.15, 0.2) is 5.82 Å². The topological polar surface area (TPSA) is 56.7 Å². The molecule has 1 aromatic carbocycles. The van der Waals surface area contributed by atoms with Gasteiger partial charge in [0.25, 0.3) is 0 Å². The summed E-state index contributed by atoms with van der Waals surface area (Å²) in [4.78, 5) is 0. The van der Waals surface area contributed by atoms with E-state index in [9.17, 15) is 0 Å². The summed E-state index contributed by atoms with van der Waals surface area (Å²) in [6, 6.07) is 8.30. The highest BCUT2D eigenvalue weighted by Crippen LogP contribution is 2.26. The van der Waals surface area contributed by atoms with E-state index in [2.05, 4.69) is 50.1 Å². The highest BCUT2D eigenvalue weighted by Gasteiger charge is 2.24. The first-order chi connectivity index (χ1) is 8.39. The van der Waals surface area contributed by atoms with E-state index in [-0.39, 0.29) is 5.41 Å². The van der Waals surface area contributed by atoms with Gasteiger partial charge in [-0.2, -0.15) is 0 Å². The third kappa shape index (κ3) is 2.37. The molecule has 0 bridgehead atoms. The summed E-state index contributed by atoms with van der Waals surface area (Å²) < 4.78 is 1.90. The number of hydrogen-bond acceptors (Lipinski definition) is 3. The molecule has 2 rings (SSSR count). The average molecular weight is 244 g/mol. The summed E-state index contributed by atoms with van der Waals surface area (Å²) in [5.74, 6) is 0.524. The number of nitrogens with two attached hydrogens (primary N) is 1. The van der Waals surface area contributed by atoms with Crippen molar-refractivity contribution in [2.75, 3.05) is 5.73 Å². The number of rotatable bonds is 2. The van der Waals surface area contributed by atoms with E-state index in [1.807, 2.05) is 16.8 Å². The quantitative estimate of drug-likeness (QED) is 0.883. The summed E-state index contributed by atoms with van der Waals surface area (Å²) in [6.45, 7) is 9.18. The van der Waals surface area contributed by atoms with E-state index in [0.717, 1.165) is 5.69 Å². The van der Waals surface area contributed by atoms with Crippen LogP contribution in [-0.2, 0) is 12.0 Å². The number of nitrogens with zero attached hydrogens (tertiary/aromatic N) is 3. The Kier molecular flexibility index (Phi) is 3.11. The molecule has 0 radical (unpaired) electrons. The molecule has 2 aromatic rings. The fourth-order valence-electron chi connectivity index (χ4n) is 2.16. The van der Waals surface area contributed by atoms with Crippen LogP contribution in [0.15, 0.2) is 24.3 Å². The largest absolute Gasteiger partial charge is 0.381 e. The van der Waals surface area contributed by atoms with Gasteiger partial charge in [-0.05, 0) is 18.1 Å². The molecule has 0 unspecified atom stereocenters. The van der Waals surface area contributed by atoms with Gasteiger partial charge >= 0.3 is 0 Å². The first-order valence-electron chi connectivity index (χ1n) is 6.13. The molecule has 0 fully saturated rings. The highest BCUT2D eigenvalue weighted by molar-refractivity contribution is 5.38. The van der Waals surface area contributed by atoms with Crippen molar-refractivity contribution in [3.05, 3.63) is 41.1 Å². The first-order valence-corrected chi connectivity index (χ1v) is 6.13. The third-order valence-corrected chi connectivity index (χ3v) is 3.05. The Labute approximate surface area is 108 Å². The van der Waals surface area contributed by atoms with E-state index in [0.29, 0.717) is 12.4 Å². The molecule has 1 heterocycles. The Morgan fingerprint density at radius 3 is 2.50 bits per heavy atom. The SMILES string of the molecule is Cc1ccccc1Cn1nnc(N)c1C(C)(C)C. The summed E-state index contributed by atoms with van der Waals surface area (Å²) >= 11 is 0. The molecule has 0 saturated heterocycles. The number of benzene rings is 1. The molecule has 4 nitrogen and oxygen atoms in total. The van der Waals surface area contributed by atoms with E-state index in [4.69, 9.17) is 5.73 Å². The van der Waals surface area contributed by atoms with Crippen LogP contribution in [0.1, 0.15) is 37.6 Å². The number of aryl methyl sites for hydroxylation is 1. The second kappa shape index (κ2) is 4.44. The number of anilines is 1. The molecule has 0 aliphatic carbocycles. The van der Waals surface area contributed by atoms with E-state index in [1.54, 1.807) is 0 Å². The zero-order valence-electron chi connectivity index (χ0n) is 11.4. The van der Waals surface area contributed by atoms with Gasteiger partial charge in [-0.15, -0.1) is 5.10 Å². The monoisotopic (exact) mass is 244 g/mol. The Morgan fingerprint density at radius 1 is 1.22 bits per heavy atom. The lowest BCUT2D eigenvalue weighted by Gasteiger charge is -2.20. The number of hydrogen-bond donors (Lipinski definition) is 1. The summed E-state index contributed by atoms with van der Waals surface area (Å²) in [6.07, 6.45) is 0. The Bertz CT molecular complexity index is 549. The van der Waals surface area contributed by atoms with Crippen LogP contribution >= 0.6 is 0 Å². The van der Waals surface area contributed by atoms with Crippen LogP contribution in [0.4, 0.5) is 5.82 Å². The Balaban J connectivity index is 2.39. The molecule has 1 aromatic heterocycles. The molecule has 2 N–H and O–H groups in total. The minimum Gasteiger partial charge on any atom is -0.381 e. The van der Waals surface area contributed by atoms with E-state index < -0.39 is 0 Å². The van der Waals surface area contributed by atoms with Gasteiger partial charge in [-0.3, -0.25) is 0 Å². The lowest BCUT2D eigenvalue weighted by Crippen LogP contribution is -2.20. The molecule has 0 amide bonds. The minimum atomic E-state index is -0.0593. The van der Waals surface area contributed by atoms with E-state index >= 15 is 0 Å². The third-order valence-electron chi connectivity index (χ3n) is 3.05. The van der Waals surface area contributed by atoms with Crippen LogP contribution in [0.25, 0.3) is 0 Å². The summed E-state index contributed by atoms with van der Waals surface area (Å²) in [5.41, 5.74) is 9.36. The van der Waals surface area contributed by atoms with Gasteiger partial charge in [-0.25, -0.2) is 4.68 Å².